The Kier molecular flexibility index (Phi) is 9.40. The van der Waals surface area contributed by atoms with Crippen molar-refractivity contribution in [3.05, 3.63) is 0 Å². The van der Waals surface area contributed by atoms with Gasteiger partial charge in [0, 0.05) is 6.42 Å². The Morgan fingerprint density at radius 2 is 2.07 bits per heavy atom. The Morgan fingerprint density at radius 1 is 1.40 bits per heavy atom. The summed E-state index contributed by atoms with van der Waals surface area (Å²) in [4.78, 5) is 11.2. The lowest BCUT2D eigenvalue weighted by atomic mass is 10.1. The lowest BCUT2D eigenvalue weighted by Gasteiger charge is -2.08. The number of hydrogen-bond acceptors (Lipinski definition) is 4. The smallest absolute Gasteiger partial charge is 0.318 e. The van der Waals surface area contributed by atoms with Crippen LogP contribution in [0, 0.1) is 11.3 Å². The summed E-state index contributed by atoms with van der Waals surface area (Å²) < 4.78 is 4.84. The molecule has 0 aromatic heterocycles. The van der Waals surface area contributed by atoms with Crippen LogP contribution in [0.1, 0.15) is 45.4 Å². The quantitative estimate of drug-likeness (QED) is 0.395. The van der Waals surface area contributed by atoms with Crippen molar-refractivity contribution in [3.63, 3.8) is 0 Å². The Bertz CT molecular complexity index is 213. The van der Waals surface area contributed by atoms with Crippen molar-refractivity contribution in [2.24, 2.45) is 0 Å². The highest BCUT2D eigenvalue weighted by Crippen LogP contribution is 2.11. The molecule has 0 heterocycles. The van der Waals surface area contributed by atoms with E-state index in [4.69, 9.17) is 10.00 Å². The molecule has 0 aromatic carbocycles. The summed E-state index contributed by atoms with van der Waals surface area (Å²) in [5.41, 5.74) is 0. The zero-order valence-electron chi connectivity index (χ0n) is 9.24. The number of carbonyl (C=O) groups is 1. The first kappa shape index (κ1) is 14.3. The van der Waals surface area contributed by atoms with Crippen molar-refractivity contribution < 1.29 is 9.53 Å². The Morgan fingerprint density at radius 3 is 2.67 bits per heavy atom. The third-order valence-electron chi connectivity index (χ3n) is 2.07. The van der Waals surface area contributed by atoms with Gasteiger partial charge in [-0.1, -0.05) is 19.3 Å². The molecule has 0 saturated carbocycles. The molecule has 0 fully saturated rings. The van der Waals surface area contributed by atoms with E-state index in [1.807, 2.05) is 0 Å². The SMILES string of the molecule is CCOC(=O)C(S)CCCCCCC#N. The van der Waals surface area contributed by atoms with Crippen LogP contribution in [0.4, 0.5) is 0 Å². The maximum absolute atomic E-state index is 11.2. The number of esters is 1. The second-order valence-corrected chi connectivity index (χ2v) is 4.00. The molecule has 0 rings (SSSR count). The minimum atomic E-state index is -0.291. The molecule has 0 aromatic rings. The number of hydrogen-bond donors (Lipinski definition) is 1. The second kappa shape index (κ2) is 9.85. The predicted molar refractivity (Wildman–Crippen MR) is 62.7 cm³/mol. The molecule has 1 atom stereocenters. The first-order valence-electron chi connectivity index (χ1n) is 5.44. The van der Waals surface area contributed by atoms with Gasteiger partial charge in [0.25, 0.3) is 0 Å². The molecule has 86 valence electrons. The monoisotopic (exact) mass is 229 g/mol. The van der Waals surface area contributed by atoms with Gasteiger partial charge in [-0.05, 0) is 19.8 Å². The van der Waals surface area contributed by atoms with E-state index in [1.165, 1.54) is 0 Å². The standard InChI is InChI=1S/C11H19NO2S/c1-2-14-11(13)10(15)8-6-4-3-5-7-9-12/h10,15H,2-8H2,1H3. The average Bonchev–Trinajstić information content (AvgIpc) is 2.23. The van der Waals surface area contributed by atoms with E-state index in [2.05, 4.69) is 18.7 Å². The van der Waals surface area contributed by atoms with Gasteiger partial charge >= 0.3 is 5.97 Å². The van der Waals surface area contributed by atoms with E-state index >= 15 is 0 Å². The lowest BCUT2D eigenvalue weighted by molar-refractivity contribution is -0.142. The molecule has 0 aliphatic carbocycles. The van der Waals surface area contributed by atoms with Gasteiger partial charge in [0.2, 0.25) is 0 Å². The Balaban J connectivity index is 3.35. The summed E-state index contributed by atoms with van der Waals surface area (Å²) in [5, 5.41) is 8.03. The van der Waals surface area contributed by atoms with Crippen LogP contribution in [0.5, 0.6) is 0 Å². The van der Waals surface area contributed by atoms with E-state index in [9.17, 15) is 4.79 Å². The topological polar surface area (TPSA) is 50.1 Å². The van der Waals surface area contributed by atoms with Gasteiger partial charge in [-0.25, -0.2) is 0 Å². The number of rotatable bonds is 8. The zero-order valence-corrected chi connectivity index (χ0v) is 10.1. The van der Waals surface area contributed by atoms with Crippen LogP contribution < -0.4 is 0 Å². The number of nitriles is 1. The van der Waals surface area contributed by atoms with E-state index in [0.29, 0.717) is 13.0 Å². The maximum atomic E-state index is 11.2. The van der Waals surface area contributed by atoms with Gasteiger partial charge in [0.15, 0.2) is 0 Å². The van der Waals surface area contributed by atoms with E-state index in [-0.39, 0.29) is 11.2 Å². The van der Waals surface area contributed by atoms with Crippen LogP contribution in [0.15, 0.2) is 0 Å². The van der Waals surface area contributed by atoms with Gasteiger partial charge in [-0.3, -0.25) is 4.79 Å². The first-order chi connectivity index (χ1) is 7.22. The highest BCUT2D eigenvalue weighted by Gasteiger charge is 2.13. The third kappa shape index (κ3) is 8.31. The van der Waals surface area contributed by atoms with E-state index < -0.39 is 0 Å². The predicted octanol–water partition coefficient (Wildman–Crippen LogP) is 2.71. The van der Waals surface area contributed by atoms with Gasteiger partial charge in [0.05, 0.1) is 17.9 Å². The summed E-state index contributed by atoms with van der Waals surface area (Å²) in [7, 11) is 0. The number of unbranched alkanes of at least 4 members (excludes halogenated alkanes) is 4. The van der Waals surface area contributed by atoms with Crippen molar-refractivity contribution in [1.82, 2.24) is 0 Å². The molecule has 0 spiro atoms. The van der Waals surface area contributed by atoms with Crippen molar-refractivity contribution in [3.8, 4) is 6.07 Å². The van der Waals surface area contributed by atoms with Gasteiger partial charge in [0.1, 0.15) is 0 Å². The summed E-state index contributed by atoms with van der Waals surface area (Å²) in [6.07, 6.45) is 5.41. The first-order valence-corrected chi connectivity index (χ1v) is 5.95. The molecule has 0 bridgehead atoms. The van der Waals surface area contributed by atoms with Crippen molar-refractivity contribution >= 4 is 18.6 Å². The molecular formula is C11H19NO2S. The average molecular weight is 229 g/mol. The van der Waals surface area contributed by atoms with Crippen LogP contribution in [0.2, 0.25) is 0 Å². The molecular weight excluding hydrogens is 210 g/mol. The molecule has 0 N–H and O–H groups in total. The highest BCUT2D eigenvalue weighted by molar-refractivity contribution is 7.81. The lowest BCUT2D eigenvalue weighted by Crippen LogP contribution is -2.17. The molecule has 0 aliphatic heterocycles. The van der Waals surface area contributed by atoms with Crippen molar-refractivity contribution in [2.45, 2.75) is 50.7 Å². The molecule has 15 heavy (non-hydrogen) atoms. The molecule has 4 heteroatoms. The molecule has 0 radical (unpaired) electrons. The molecule has 0 aliphatic rings. The van der Waals surface area contributed by atoms with E-state index in [0.717, 1.165) is 32.1 Å². The zero-order chi connectivity index (χ0) is 11.5. The molecule has 1 unspecified atom stereocenters. The fourth-order valence-corrected chi connectivity index (χ4v) is 1.51. The minimum Gasteiger partial charge on any atom is -0.465 e. The molecule has 0 amide bonds. The highest BCUT2D eigenvalue weighted by atomic mass is 32.1. The summed E-state index contributed by atoms with van der Waals surface area (Å²) in [6, 6.07) is 2.11. The summed E-state index contributed by atoms with van der Waals surface area (Å²) >= 11 is 4.18. The number of nitrogens with zero attached hydrogens (tertiary/aromatic N) is 1. The van der Waals surface area contributed by atoms with Gasteiger partial charge < -0.3 is 4.74 Å². The largest absolute Gasteiger partial charge is 0.465 e. The number of thiol groups is 1. The Labute approximate surface area is 97.2 Å². The summed E-state index contributed by atoms with van der Waals surface area (Å²) in [6.45, 7) is 2.21. The fourth-order valence-electron chi connectivity index (χ4n) is 1.25. The summed E-state index contributed by atoms with van der Waals surface area (Å²) in [5.74, 6) is -0.224. The normalized spacial score (nSPS) is 11.8. The molecule has 3 nitrogen and oxygen atoms in total. The van der Waals surface area contributed by atoms with Crippen LogP contribution >= 0.6 is 12.6 Å². The molecule has 0 saturated heterocycles. The maximum Gasteiger partial charge on any atom is 0.318 e. The number of carbonyl (C=O) groups excluding carboxylic acids is 1. The fraction of sp³-hybridized carbons (Fsp3) is 0.818. The van der Waals surface area contributed by atoms with Crippen LogP contribution in [-0.4, -0.2) is 17.8 Å². The van der Waals surface area contributed by atoms with Crippen LogP contribution in [-0.2, 0) is 9.53 Å². The Hall–Kier alpha value is -0.690. The van der Waals surface area contributed by atoms with Crippen molar-refractivity contribution in [2.75, 3.05) is 6.61 Å². The van der Waals surface area contributed by atoms with Crippen LogP contribution in [0.25, 0.3) is 0 Å². The van der Waals surface area contributed by atoms with E-state index in [1.54, 1.807) is 6.92 Å². The number of ether oxygens (including phenoxy) is 1. The van der Waals surface area contributed by atoms with Gasteiger partial charge in [-0.2, -0.15) is 17.9 Å². The minimum absolute atomic E-state index is 0.224. The third-order valence-corrected chi connectivity index (χ3v) is 2.54. The second-order valence-electron chi connectivity index (χ2n) is 3.38. The van der Waals surface area contributed by atoms with Gasteiger partial charge in [-0.15, -0.1) is 0 Å². The van der Waals surface area contributed by atoms with Crippen molar-refractivity contribution in [1.29, 1.82) is 5.26 Å². The van der Waals surface area contributed by atoms with Crippen LogP contribution in [0.3, 0.4) is 0 Å².